The van der Waals surface area contributed by atoms with E-state index in [9.17, 15) is 0 Å². The van der Waals surface area contributed by atoms with Gasteiger partial charge in [-0.2, -0.15) is 5.10 Å². The Bertz CT molecular complexity index is 676. The molecule has 3 rings (SSSR count). The van der Waals surface area contributed by atoms with Crippen LogP contribution in [-0.4, -0.2) is 33.7 Å². The first-order valence-corrected chi connectivity index (χ1v) is 8.35. The molecule has 0 fully saturated rings. The molecular weight excluding hydrogens is 292 g/mol. The SMILES string of the molecule is CN(CCCc1cccnc1)Cc1cc(-c2cccs2)n[nH]1. The summed E-state index contributed by atoms with van der Waals surface area (Å²) in [6, 6.07) is 10.4. The third-order valence-electron chi connectivity index (χ3n) is 3.57. The molecule has 0 amide bonds. The Morgan fingerprint density at radius 3 is 3.00 bits per heavy atom. The number of aryl methyl sites for hydroxylation is 1. The summed E-state index contributed by atoms with van der Waals surface area (Å²) >= 11 is 1.72. The standard InChI is InChI=1S/C17H20N4S/c1-21(9-3-6-14-5-2-8-18-12-14)13-15-11-16(20-19-15)17-7-4-10-22-17/h2,4-5,7-8,10-12H,3,6,9,13H2,1H3,(H,19,20). The number of nitrogens with one attached hydrogen (secondary N) is 1. The summed E-state index contributed by atoms with van der Waals surface area (Å²) in [4.78, 5) is 7.68. The summed E-state index contributed by atoms with van der Waals surface area (Å²) in [6.45, 7) is 1.95. The summed E-state index contributed by atoms with van der Waals surface area (Å²) in [6.07, 6.45) is 5.97. The van der Waals surface area contributed by atoms with Crippen molar-refractivity contribution in [3.63, 3.8) is 0 Å². The predicted octanol–water partition coefficient (Wildman–Crippen LogP) is 3.60. The van der Waals surface area contributed by atoms with Crippen molar-refractivity contribution in [2.24, 2.45) is 0 Å². The minimum atomic E-state index is 0.894. The molecule has 0 aliphatic rings. The van der Waals surface area contributed by atoms with Gasteiger partial charge in [0.2, 0.25) is 0 Å². The molecule has 0 radical (unpaired) electrons. The van der Waals surface area contributed by atoms with Crippen LogP contribution in [0.15, 0.2) is 48.1 Å². The van der Waals surface area contributed by atoms with E-state index in [4.69, 9.17) is 0 Å². The van der Waals surface area contributed by atoms with Gasteiger partial charge in [0.05, 0.1) is 4.88 Å². The van der Waals surface area contributed by atoms with Crippen molar-refractivity contribution >= 4 is 11.3 Å². The zero-order valence-electron chi connectivity index (χ0n) is 12.7. The zero-order chi connectivity index (χ0) is 15.2. The normalized spacial score (nSPS) is 11.2. The van der Waals surface area contributed by atoms with Gasteiger partial charge in [-0.15, -0.1) is 11.3 Å². The summed E-state index contributed by atoms with van der Waals surface area (Å²) in [5.74, 6) is 0. The number of hydrogen-bond donors (Lipinski definition) is 1. The topological polar surface area (TPSA) is 44.8 Å². The maximum absolute atomic E-state index is 4.39. The van der Waals surface area contributed by atoms with Crippen molar-refractivity contribution in [3.8, 4) is 10.6 Å². The van der Waals surface area contributed by atoms with Crippen LogP contribution in [0.1, 0.15) is 17.7 Å². The van der Waals surface area contributed by atoms with Crippen LogP contribution >= 0.6 is 11.3 Å². The van der Waals surface area contributed by atoms with Gasteiger partial charge in [0, 0.05) is 24.6 Å². The molecule has 5 heteroatoms. The average Bonchev–Trinajstić information content (AvgIpc) is 3.19. The van der Waals surface area contributed by atoms with Crippen LogP contribution in [0.3, 0.4) is 0 Å². The van der Waals surface area contributed by atoms with Gasteiger partial charge >= 0.3 is 0 Å². The van der Waals surface area contributed by atoms with Crippen LogP contribution < -0.4 is 0 Å². The number of hydrogen-bond acceptors (Lipinski definition) is 4. The smallest absolute Gasteiger partial charge is 0.102 e. The number of aromatic amines is 1. The third-order valence-corrected chi connectivity index (χ3v) is 4.47. The molecule has 1 N–H and O–H groups in total. The largest absolute Gasteiger partial charge is 0.301 e. The second-order valence-corrected chi connectivity index (χ2v) is 6.41. The van der Waals surface area contributed by atoms with E-state index < -0.39 is 0 Å². The fourth-order valence-electron chi connectivity index (χ4n) is 2.46. The monoisotopic (exact) mass is 312 g/mol. The van der Waals surface area contributed by atoms with E-state index in [2.05, 4.69) is 56.8 Å². The lowest BCUT2D eigenvalue weighted by Crippen LogP contribution is -2.19. The molecule has 0 saturated carbocycles. The predicted molar refractivity (Wildman–Crippen MR) is 90.8 cm³/mol. The van der Waals surface area contributed by atoms with E-state index in [1.807, 2.05) is 18.5 Å². The average molecular weight is 312 g/mol. The van der Waals surface area contributed by atoms with E-state index in [1.54, 1.807) is 11.3 Å². The highest BCUT2D eigenvalue weighted by molar-refractivity contribution is 7.13. The summed E-state index contributed by atoms with van der Waals surface area (Å²) < 4.78 is 0. The van der Waals surface area contributed by atoms with Crippen molar-refractivity contribution in [2.45, 2.75) is 19.4 Å². The number of rotatable bonds is 7. The van der Waals surface area contributed by atoms with Crippen LogP contribution in [0.5, 0.6) is 0 Å². The van der Waals surface area contributed by atoms with Crippen LogP contribution in [-0.2, 0) is 13.0 Å². The van der Waals surface area contributed by atoms with Crippen molar-refractivity contribution in [1.82, 2.24) is 20.1 Å². The molecule has 0 unspecified atom stereocenters. The zero-order valence-corrected chi connectivity index (χ0v) is 13.5. The lowest BCUT2D eigenvalue weighted by molar-refractivity contribution is 0.318. The molecule has 114 valence electrons. The molecule has 0 aromatic carbocycles. The molecule has 0 saturated heterocycles. The number of nitrogens with zero attached hydrogens (tertiary/aromatic N) is 3. The summed E-state index contributed by atoms with van der Waals surface area (Å²) in [5.41, 5.74) is 3.50. The van der Waals surface area contributed by atoms with E-state index in [-0.39, 0.29) is 0 Å². The lowest BCUT2D eigenvalue weighted by Gasteiger charge is -2.15. The minimum Gasteiger partial charge on any atom is -0.301 e. The quantitative estimate of drug-likeness (QED) is 0.725. The van der Waals surface area contributed by atoms with Crippen LogP contribution in [0, 0.1) is 0 Å². The molecule has 22 heavy (non-hydrogen) atoms. The van der Waals surface area contributed by atoms with Gasteiger partial charge in [-0.1, -0.05) is 12.1 Å². The van der Waals surface area contributed by atoms with Crippen molar-refractivity contribution in [2.75, 3.05) is 13.6 Å². The molecule has 3 heterocycles. The van der Waals surface area contributed by atoms with Gasteiger partial charge < -0.3 is 4.90 Å². The van der Waals surface area contributed by atoms with Crippen LogP contribution in [0.2, 0.25) is 0 Å². The minimum absolute atomic E-state index is 0.894. The highest BCUT2D eigenvalue weighted by Gasteiger charge is 2.07. The second-order valence-electron chi connectivity index (χ2n) is 5.46. The van der Waals surface area contributed by atoms with Gasteiger partial charge in [-0.25, -0.2) is 0 Å². The maximum Gasteiger partial charge on any atom is 0.102 e. The summed E-state index contributed by atoms with van der Waals surface area (Å²) in [5, 5.41) is 9.61. The Hall–Kier alpha value is -1.98. The van der Waals surface area contributed by atoms with Crippen molar-refractivity contribution in [3.05, 3.63) is 59.4 Å². The van der Waals surface area contributed by atoms with Gasteiger partial charge in [0.25, 0.3) is 0 Å². The third kappa shape index (κ3) is 4.02. The van der Waals surface area contributed by atoms with Gasteiger partial charge in [-0.3, -0.25) is 10.1 Å². The van der Waals surface area contributed by atoms with E-state index >= 15 is 0 Å². The highest BCUT2D eigenvalue weighted by Crippen LogP contribution is 2.23. The first-order valence-electron chi connectivity index (χ1n) is 7.47. The number of pyridine rings is 1. The molecule has 0 aliphatic heterocycles. The molecule has 4 nitrogen and oxygen atoms in total. The number of thiophene rings is 1. The first-order chi connectivity index (χ1) is 10.8. The second kappa shape index (κ2) is 7.33. The Labute approximate surface area is 134 Å². The van der Waals surface area contributed by atoms with Crippen LogP contribution in [0.4, 0.5) is 0 Å². The van der Waals surface area contributed by atoms with Crippen LogP contribution in [0.25, 0.3) is 10.6 Å². The molecule has 0 bridgehead atoms. The number of aromatic nitrogens is 3. The Morgan fingerprint density at radius 2 is 2.23 bits per heavy atom. The molecule has 3 aromatic rings. The van der Waals surface area contributed by atoms with Gasteiger partial charge in [-0.05, 0) is 55.6 Å². The Balaban J connectivity index is 1.46. The Morgan fingerprint density at radius 1 is 1.27 bits per heavy atom. The molecule has 0 aliphatic carbocycles. The van der Waals surface area contributed by atoms with Crippen molar-refractivity contribution < 1.29 is 0 Å². The summed E-state index contributed by atoms with van der Waals surface area (Å²) in [7, 11) is 2.15. The molecular formula is C17H20N4S. The fraction of sp³-hybridized carbons (Fsp3) is 0.294. The van der Waals surface area contributed by atoms with E-state index in [1.165, 1.54) is 10.4 Å². The van der Waals surface area contributed by atoms with Gasteiger partial charge in [0.1, 0.15) is 5.69 Å². The van der Waals surface area contributed by atoms with Gasteiger partial charge in [0.15, 0.2) is 0 Å². The van der Waals surface area contributed by atoms with Crippen molar-refractivity contribution in [1.29, 1.82) is 0 Å². The van der Waals surface area contributed by atoms with E-state index in [0.717, 1.165) is 37.3 Å². The fourth-order valence-corrected chi connectivity index (χ4v) is 3.15. The van der Waals surface area contributed by atoms with E-state index in [0.29, 0.717) is 0 Å². The first kappa shape index (κ1) is 14.9. The molecule has 0 atom stereocenters. The number of H-pyrrole nitrogens is 1. The maximum atomic E-state index is 4.39. The molecule has 0 spiro atoms. The Kier molecular flexibility index (Phi) is 4.98. The highest BCUT2D eigenvalue weighted by atomic mass is 32.1. The lowest BCUT2D eigenvalue weighted by atomic mass is 10.1. The molecule has 3 aromatic heterocycles.